The van der Waals surface area contributed by atoms with Crippen molar-refractivity contribution < 1.29 is 19.1 Å². The zero-order valence-corrected chi connectivity index (χ0v) is 20.2. The first-order chi connectivity index (χ1) is 16.4. The summed E-state index contributed by atoms with van der Waals surface area (Å²) in [7, 11) is 1.58. The molecule has 5 rings (SSSR count). The van der Waals surface area contributed by atoms with Crippen molar-refractivity contribution in [3.63, 3.8) is 0 Å². The molecule has 34 heavy (non-hydrogen) atoms. The summed E-state index contributed by atoms with van der Waals surface area (Å²) in [6.45, 7) is 1.94. The van der Waals surface area contributed by atoms with Crippen molar-refractivity contribution in [1.82, 2.24) is 10.4 Å². The lowest BCUT2D eigenvalue weighted by Gasteiger charge is -2.25. The summed E-state index contributed by atoms with van der Waals surface area (Å²) in [5, 5.41) is 1.32. The maximum absolute atomic E-state index is 13.6. The molecule has 0 bridgehead atoms. The molecule has 2 aliphatic rings. The van der Waals surface area contributed by atoms with Crippen molar-refractivity contribution in [2.45, 2.75) is 19.0 Å². The number of amides is 3. The van der Waals surface area contributed by atoms with Crippen LogP contribution in [-0.4, -0.2) is 35.9 Å². The molecule has 2 heterocycles. The zero-order valence-electron chi connectivity index (χ0n) is 18.6. The van der Waals surface area contributed by atoms with Gasteiger partial charge in [0.15, 0.2) is 0 Å². The Bertz CT molecular complexity index is 1280. The Morgan fingerprint density at radius 2 is 1.68 bits per heavy atom. The molecule has 3 aromatic rings. The van der Waals surface area contributed by atoms with Crippen LogP contribution in [-0.2, 0) is 9.59 Å². The number of hydrogen-bond donors (Lipinski definition) is 1. The van der Waals surface area contributed by atoms with Crippen LogP contribution in [0.25, 0.3) is 0 Å². The fourth-order valence-corrected chi connectivity index (χ4v) is 4.97. The van der Waals surface area contributed by atoms with Gasteiger partial charge in [0.05, 0.1) is 24.8 Å². The van der Waals surface area contributed by atoms with Gasteiger partial charge in [-0.3, -0.25) is 19.4 Å². The third-order valence-electron chi connectivity index (χ3n) is 6.29. The highest BCUT2D eigenvalue weighted by atomic mass is 79.9. The number of halogens is 1. The molecule has 0 radical (unpaired) electrons. The van der Waals surface area contributed by atoms with Crippen molar-refractivity contribution >= 4 is 39.3 Å². The summed E-state index contributed by atoms with van der Waals surface area (Å²) >= 11 is 3.39. The molecular formula is C26H22BrN3O4. The average molecular weight is 520 g/mol. The Labute approximate surface area is 205 Å². The smallest absolute Gasteiger partial charge is 0.268 e. The van der Waals surface area contributed by atoms with Crippen LogP contribution in [0.15, 0.2) is 77.3 Å². The Hall–Kier alpha value is -3.49. The second-order valence-electron chi connectivity index (χ2n) is 8.38. The number of hydrogen-bond acceptors (Lipinski definition) is 5. The number of fused-ring (bicyclic) bond motifs is 1. The van der Waals surface area contributed by atoms with Crippen LogP contribution in [0.5, 0.6) is 5.75 Å². The minimum atomic E-state index is -0.965. The van der Waals surface area contributed by atoms with E-state index in [1.54, 1.807) is 49.6 Å². The lowest BCUT2D eigenvalue weighted by Crippen LogP contribution is -2.48. The normalized spacial score (nSPS) is 21.7. The van der Waals surface area contributed by atoms with Gasteiger partial charge in [-0.2, -0.15) is 0 Å². The van der Waals surface area contributed by atoms with Crippen molar-refractivity contribution in [2.75, 3.05) is 12.0 Å². The largest absolute Gasteiger partial charge is 0.497 e. The molecule has 0 spiro atoms. The van der Waals surface area contributed by atoms with Gasteiger partial charge in [-0.1, -0.05) is 51.8 Å². The van der Waals surface area contributed by atoms with Crippen LogP contribution in [0.4, 0.5) is 5.69 Å². The average Bonchev–Trinajstić information content (AvgIpc) is 3.36. The first-order valence-corrected chi connectivity index (χ1v) is 11.6. The predicted octanol–water partition coefficient (Wildman–Crippen LogP) is 4.03. The number of nitrogens with zero attached hydrogens (tertiary/aromatic N) is 2. The Kier molecular flexibility index (Phi) is 5.71. The molecule has 7 nitrogen and oxygen atoms in total. The van der Waals surface area contributed by atoms with E-state index in [9.17, 15) is 14.4 Å². The van der Waals surface area contributed by atoms with Gasteiger partial charge in [0, 0.05) is 10.0 Å². The molecule has 2 saturated heterocycles. The number of imide groups is 1. The predicted molar refractivity (Wildman–Crippen MR) is 130 cm³/mol. The topological polar surface area (TPSA) is 79.0 Å². The van der Waals surface area contributed by atoms with E-state index in [1.165, 1.54) is 9.91 Å². The monoisotopic (exact) mass is 519 g/mol. The van der Waals surface area contributed by atoms with Crippen LogP contribution in [0.2, 0.25) is 0 Å². The van der Waals surface area contributed by atoms with E-state index in [0.29, 0.717) is 17.0 Å². The van der Waals surface area contributed by atoms with Crippen LogP contribution in [0.3, 0.4) is 0 Å². The van der Waals surface area contributed by atoms with E-state index in [-0.39, 0.29) is 11.8 Å². The van der Waals surface area contributed by atoms with E-state index in [1.807, 2.05) is 37.3 Å². The van der Waals surface area contributed by atoms with Crippen molar-refractivity contribution in [2.24, 2.45) is 5.92 Å². The number of hydrazine groups is 1. The molecule has 2 fully saturated rings. The van der Waals surface area contributed by atoms with Crippen molar-refractivity contribution in [3.05, 3.63) is 94.0 Å². The lowest BCUT2D eigenvalue weighted by atomic mass is 9.91. The van der Waals surface area contributed by atoms with Gasteiger partial charge in [-0.05, 0) is 55.0 Å². The molecule has 0 aliphatic carbocycles. The number of benzene rings is 3. The SMILES string of the molecule is COc1ccc([C@@H]2NN(C(=O)c3cccc(Br)c3)[C@H]3C(=O)N(c4ccc(C)cc4)C(=O)[C@@H]23)cc1. The molecular weight excluding hydrogens is 498 g/mol. The van der Waals surface area contributed by atoms with Gasteiger partial charge in [-0.15, -0.1) is 0 Å². The molecule has 2 aliphatic heterocycles. The van der Waals surface area contributed by atoms with Crippen molar-refractivity contribution in [3.8, 4) is 5.75 Å². The number of nitrogens with one attached hydrogen (secondary N) is 1. The van der Waals surface area contributed by atoms with Gasteiger partial charge in [0.1, 0.15) is 11.8 Å². The Balaban J connectivity index is 1.57. The highest BCUT2D eigenvalue weighted by Gasteiger charge is 2.60. The van der Waals surface area contributed by atoms with E-state index < -0.39 is 23.9 Å². The molecule has 1 N–H and O–H groups in total. The molecule has 172 valence electrons. The maximum Gasteiger partial charge on any atom is 0.268 e. The van der Waals surface area contributed by atoms with Gasteiger partial charge in [0.25, 0.3) is 11.8 Å². The van der Waals surface area contributed by atoms with Crippen LogP contribution >= 0.6 is 15.9 Å². The Morgan fingerprint density at radius 3 is 2.32 bits per heavy atom. The van der Waals surface area contributed by atoms with Crippen molar-refractivity contribution in [1.29, 1.82) is 0 Å². The third kappa shape index (κ3) is 3.69. The number of aryl methyl sites for hydroxylation is 1. The fraction of sp³-hybridized carbons (Fsp3) is 0.192. The van der Waals surface area contributed by atoms with Crippen LogP contribution < -0.4 is 15.1 Å². The molecule has 0 unspecified atom stereocenters. The van der Waals surface area contributed by atoms with E-state index in [0.717, 1.165) is 15.6 Å². The summed E-state index contributed by atoms with van der Waals surface area (Å²) < 4.78 is 6.00. The van der Waals surface area contributed by atoms with E-state index in [4.69, 9.17) is 4.74 Å². The number of methoxy groups -OCH3 is 1. The molecule has 3 aromatic carbocycles. The summed E-state index contributed by atoms with van der Waals surface area (Å²) in [5.74, 6) is -1.23. The summed E-state index contributed by atoms with van der Waals surface area (Å²) in [6.07, 6.45) is 0. The second-order valence-corrected chi connectivity index (χ2v) is 9.30. The number of carbonyl (C=O) groups is 3. The van der Waals surface area contributed by atoms with Gasteiger partial charge >= 0.3 is 0 Å². The summed E-state index contributed by atoms with van der Waals surface area (Å²) in [4.78, 5) is 42.0. The maximum atomic E-state index is 13.6. The van der Waals surface area contributed by atoms with Gasteiger partial charge in [0.2, 0.25) is 5.91 Å². The molecule has 3 atom stereocenters. The first kappa shape index (κ1) is 22.3. The van der Waals surface area contributed by atoms with E-state index in [2.05, 4.69) is 21.4 Å². The molecule has 0 saturated carbocycles. The molecule has 8 heteroatoms. The lowest BCUT2D eigenvalue weighted by molar-refractivity contribution is -0.123. The second kappa shape index (κ2) is 8.70. The summed E-state index contributed by atoms with van der Waals surface area (Å²) in [5.41, 5.74) is 5.88. The highest BCUT2D eigenvalue weighted by Crippen LogP contribution is 2.42. The van der Waals surface area contributed by atoms with Crippen LogP contribution in [0.1, 0.15) is 27.5 Å². The quantitative estimate of drug-likeness (QED) is 0.526. The third-order valence-corrected chi connectivity index (χ3v) is 6.79. The minimum absolute atomic E-state index is 0.336. The number of ether oxygens (including phenoxy) is 1. The standard InChI is InChI=1S/C26H22BrN3O4/c1-15-6-10-19(11-7-15)29-25(32)21-22(16-8-12-20(34-2)13-9-16)28-30(23(21)26(29)33)24(31)17-4-3-5-18(27)14-17/h3-14,21-23,28H,1-2H3/t21-,22-,23+/m0/s1. The van der Waals surface area contributed by atoms with E-state index >= 15 is 0 Å². The number of carbonyl (C=O) groups excluding carboxylic acids is 3. The van der Waals surface area contributed by atoms with Crippen LogP contribution in [0, 0.1) is 12.8 Å². The zero-order chi connectivity index (χ0) is 24.0. The summed E-state index contributed by atoms with van der Waals surface area (Å²) in [6, 6.07) is 19.9. The minimum Gasteiger partial charge on any atom is -0.497 e. The number of anilines is 1. The van der Waals surface area contributed by atoms with Gasteiger partial charge < -0.3 is 4.74 Å². The molecule has 0 aromatic heterocycles. The first-order valence-electron chi connectivity index (χ1n) is 10.8. The fourth-order valence-electron chi connectivity index (χ4n) is 4.57. The molecule has 3 amide bonds. The van der Waals surface area contributed by atoms with Gasteiger partial charge in [-0.25, -0.2) is 10.3 Å². The number of rotatable bonds is 4. The highest BCUT2D eigenvalue weighted by molar-refractivity contribution is 9.10. The Morgan fingerprint density at radius 1 is 0.971 bits per heavy atom.